The SMILES string of the molecule is CCCOCCOc1ccc2ccoc2c1. The molecule has 0 radical (unpaired) electrons. The van der Waals surface area contributed by atoms with Crippen LogP contribution in [0.1, 0.15) is 13.3 Å². The standard InChI is InChI=1S/C13H16O3/c1-2-6-14-8-9-15-12-4-3-11-5-7-16-13(11)10-12/h3-5,7,10H,2,6,8-9H2,1H3. The van der Waals surface area contributed by atoms with Crippen LogP contribution in [-0.4, -0.2) is 19.8 Å². The molecule has 2 aromatic rings. The third-order valence-electron chi connectivity index (χ3n) is 2.27. The Balaban J connectivity index is 1.84. The minimum atomic E-state index is 0.576. The number of hydrogen-bond acceptors (Lipinski definition) is 3. The highest BCUT2D eigenvalue weighted by molar-refractivity contribution is 5.78. The van der Waals surface area contributed by atoms with Crippen molar-refractivity contribution >= 4 is 11.0 Å². The number of hydrogen-bond donors (Lipinski definition) is 0. The van der Waals surface area contributed by atoms with Gasteiger partial charge in [-0.1, -0.05) is 6.92 Å². The molecule has 3 heteroatoms. The highest BCUT2D eigenvalue weighted by Gasteiger charge is 1.99. The van der Waals surface area contributed by atoms with Crippen molar-refractivity contribution in [1.82, 2.24) is 0 Å². The Bertz CT molecular complexity index is 433. The van der Waals surface area contributed by atoms with Gasteiger partial charge in [-0.2, -0.15) is 0 Å². The average Bonchev–Trinajstić information content (AvgIpc) is 2.76. The van der Waals surface area contributed by atoms with E-state index in [1.807, 2.05) is 24.3 Å². The first-order valence-electron chi connectivity index (χ1n) is 5.58. The molecule has 0 N–H and O–H groups in total. The molecule has 3 nitrogen and oxygen atoms in total. The monoisotopic (exact) mass is 220 g/mol. The lowest BCUT2D eigenvalue weighted by atomic mass is 10.2. The van der Waals surface area contributed by atoms with Gasteiger partial charge in [0.25, 0.3) is 0 Å². The van der Waals surface area contributed by atoms with E-state index in [-0.39, 0.29) is 0 Å². The van der Waals surface area contributed by atoms with Crippen LogP contribution in [-0.2, 0) is 4.74 Å². The Kier molecular flexibility index (Phi) is 3.83. The highest BCUT2D eigenvalue weighted by atomic mass is 16.5. The van der Waals surface area contributed by atoms with E-state index < -0.39 is 0 Å². The predicted molar refractivity (Wildman–Crippen MR) is 62.8 cm³/mol. The fourth-order valence-corrected chi connectivity index (χ4v) is 1.49. The van der Waals surface area contributed by atoms with E-state index in [1.165, 1.54) is 0 Å². The summed E-state index contributed by atoms with van der Waals surface area (Å²) in [6.07, 6.45) is 2.72. The van der Waals surface area contributed by atoms with Crippen LogP contribution < -0.4 is 4.74 Å². The van der Waals surface area contributed by atoms with Gasteiger partial charge < -0.3 is 13.9 Å². The number of furan rings is 1. The van der Waals surface area contributed by atoms with Gasteiger partial charge in [-0.3, -0.25) is 0 Å². The van der Waals surface area contributed by atoms with Crippen molar-refractivity contribution < 1.29 is 13.9 Å². The summed E-state index contributed by atoms with van der Waals surface area (Å²) in [6.45, 7) is 4.09. The second-order valence-electron chi connectivity index (χ2n) is 3.58. The van der Waals surface area contributed by atoms with Crippen LogP contribution in [0, 0.1) is 0 Å². The normalized spacial score (nSPS) is 10.8. The van der Waals surface area contributed by atoms with Crippen LogP contribution in [0.2, 0.25) is 0 Å². The minimum absolute atomic E-state index is 0.576. The first kappa shape index (κ1) is 11.0. The Morgan fingerprint density at radius 1 is 1.12 bits per heavy atom. The number of rotatable bonds is 6. The van der Waals surface area contributed by atoms with Gasteiger partial charge in [-0.25, -0.2) is 0 Å². The lowest BCUT2D eigenvalue weighted by molar-refractivity contribution is 0.101. The molecule has 1 aromatic carbocycles. The van der Waals surface area contributed by atoms with Gasteiger partial charge in [0.2, 0.25) is 0 Å². The fraction of sp³-hybridized carbons (Fsp3) is 0.385. The van der Waals surface area contributed by atoms with Crippen molar-refractivity contribution in [1.29, 1.82) is 0 Å². The van der Waals surface area contributed by atoms with Gasteiger partial charge in [0.15, 0.2) is 0 Å². The van der Waals surface area contributed by atoms with Gasteiger partial charge in [0.1, 0.15) is 17.9 Å². The Hall–Kier alpha value is -1.48. The summed E-state index contributed by atoms with van der Waals surface area (Å²) in [5.41, 5.74) is 0.854. The molecule has 0 aliphatic heterocycles. The lowest BCUT2D eigenvalue weighted by Gasteiger charge is -2.06. The average molecular weight is 220 g/mol. The van der Waals surface area contributed by atoms with Gasteiger partial charge >= 0.3 is 0 Å². The summed E-state index contributed by atoms with van der Waals surface area (Å²) in [7, 11) is 0. The molecule has 0 aliphatic carbocycles. The zero-order chi connectivity index (χ0) is 11.2. The zero-order valence-electron chi connectivity index (χ0n) is 9.44. The summed E-state index contributed by atoms with van der Waals surface area (Å²) < 4.78 is 16.2. The molecule has 86 valence electrons. The van der Waals surface area contributed by atoms with Crippen molar-refractivity contribution in [3.8, 4) is 5.75 Å². The molecule has 0 saturated heterocycles. The minimum Gasteiger partial charge on any atom is -0.491 e. The van der Waals surface area contributed by atoms with Gasteiger partial charge in [-0.05, 0) is 24.6 Å². The molecule has 1 heterocycles. The zero-order valence-corrected chi connectivity index (χ0v) is 9.44. The van der Waals surface area contributed by atoms with E-state index in [0.29, 0.717) is 13.2 Å². The van der Waals surface area contributed by atoms with Gasteiger partial charge in [0.05, 0.1) is 12.9 Å². The molecular weight excluding hydrogens is 204 g/mol. The quantitative estimate of drug-likeness (QED) is 0.700. The lowest BCUT2D eigenvalue weighted by Crippen LogP contribution is -2.06. The molecule has 16 heavy (non-hydrogen) atoms. The largest absolute Gasteiger partial charge is 0.491 e. The summed E-state index contributed by atoms with van der Waals surface area (Å²) in [6, 6.07) is 7.76. The van der Waals surface area contributed by atoms with Gasteiger partial charge in [-0.15, -0.1) is 0 Å². The highest BCUT2D eigenvalue weighted by Crippen LogP contribution is 2.21. The molecule has 0 saturated carbocycles. The molecule has 0 unspecified atom stereocenters. The Morgan fingerprint density at radius 2 is 2.06 bits per heavy atom. The Labute approximate surface area is 95.0 Å². The second-order valence-corrected chi connectivity index (χ2v) is 3.58. The number of fused-ring (bicyclic) bond motifs is 1. The van der Waals surface area contributed by atoms with Gasteiger partial charge in [0, 0.05) is 18.1 Å². The maximum absolute atomic E-state index is 5.55. The summed E-state index contributed by atoms with van der Waals surface area (Å²) in [5.74, 6) is 0.822. The van der Waals surface area contributed by atoms with Crippen LogP contribution in [0.25, 0.3) is 11.0 Å². The molecule has 0 spiro atoms. The second kappa shape index (κ2) is 5.56. The topological polar surface area (TPSA) is 31.6 Å². The van der Waals surface area contributed by atoms with Crippen molar-refractivity contribution in [3.63, 3.8) is 0 Å². The number of ether oxygens (including phenoxy) is 2. The van der Waals surface area contributed by atoms with Crippen molar-refractivity contribution in [2.45, 2.75) is 13.3 Å². The molecule has 1 aromatic heterocycles. The fourth-order valence-electron chi connectivity index (χ4n) is 1.49. The van der Waals surface area contributed by atoms with Crippen LogP contribution >= 0.6 is 0 Å². The summed E-state index contributed by atoms with van der Waals surface area (Å²) >= 11 is 0. The van der Waals surface area contributed by atoms with Crippen LogP contribution in [0.15, 0.2) is 34.9 Å². The molecule has 2 rings (SSSR count). The molecule has 0 atom stereocenters. The van der Waals surface area contributed by atoms with E-state index >= 15 is 0 Å². The van der Waals surface area contributed by atoms with Crippen molar-refractivity contribution in [2.24, 2.45) is 0 Å². The van der Waals surface area contributed by atoms with E-state index in [1.54, 1.807) is 6.26 Å². The maximum atomic E-state index is 5.55. The smallest absolute Gasteiger partial charge is 0.137 e. The third-order valence-corrected chi connectivity index (χ3v) is 2.27. The predicted octanol–water partition coefficient (Wildman–Crippen LogP) is 3.24. The van der Waals surface area contributed by atoms with E-state index in [9.17, 15) is 0 Å². The molecule has 0 fully saturated rings. The van der Waals surface area contributed by atoms with E-state index in [0.717, 1.165) is 29.7 Å². The first-order chi connectivity index (χ1) is 7.90. The van der Waals surface area contributed by atoms with Crippen molar-refractivity contribution in [2.75, 3.05) is 19.8 Å². The van der Waals surface area contributed by atoms with Crippen LogP contribution in [0.5, 0.6) is 5.75 Å². The summed E-state index contributed by atoms with van der Waals surface area (Å²) in [5, 5.41) is 1.09. The van der Waals surface area contributed by atoms with Crippen LogP contribution in [0.4, 0.5) is 0 Å². The molecule has 0 aliphatic rings. The van der Waals surface area contributed by atoms with E-state index in [4.69, 9.17) is 13.9 Å². The molecule has 0 bridgehead atoms. The Morgan fingerprint density at radius 3 is 2.94 bits per heavy atom. The van der Waals surface area contributed by atoms with Crippen LogP contribution in [0.3, 0.4) is 0 Å². The third kappa shape index (κ3) is 2.76. The summed E-state index contributed by atoms with van der Waals surface area (Å²) in [4.78, 5) is 0. The van der Waals surface area contributed by atoms with E-state index in [2.05, 4.69) is 6.92 Å². The van der Waals surface area contributed by atoms with Crippen molar-refractivity contribution in [3.05, 3.63) is 30.5 Å². The first-order valence-corrected chi connectivity index (χ1v) is 5.58. The number of benzene rings is 1. The molecular formula is C13H16O3. The maximum Gasteiger partial charge on any atom is 0.137 e. The molecule has 0 amide bonds.